The summed E-state index contributed by atoms with van der Waals surface area (Å²) < 4.78 is 5.21. The minimum absolute atomic E-state index is 0.115. The Kier molecular flexibility index (Phi) is 3.23. The average molecular weight is 181 g/mol. The number of carbonyl (C=O) groups is 1. The maximum atomic E-state index is 10.8. The second kappa shape index (κ2) is 4.21. The predicted molar refractivity (Wildman–Crippen MR) is 49.4 cm³/mol. The predicted octanol–water partition coefficient (Wildman–Crippen LogP) is 2.00. The van der Waals surface area contributed by atoms with Gasteiger partial charge in [0.05, 0.1) is 12.1 Å². The van der Waals surface area contributed by atoms with Gasteiger partial charge in [0, 0.05) is 6.42 Å². The fourth-order valence-corrected chi connectivity index (χ4v) is 1.13. The Morgan fingerprint density at radius 3 is 2.85 bits per heavy atom. The van der Waals surface area contributed by atoms with Crippen molar-refractivity contribution in [3.8, 4) is 0 Å². The second-order valence-electron chi connectivity index (χ2n) is 3.71. The SMILES string of the molecule is CC(=O)Cc1coc(CC(C)C)n1. The van der Waals surface area contributed by atoms with Crippen LogP contribution in [0.5, 0.6) is 0 Å². The summed E-state index contributed by atoms with van der Waals surface area (Å²) in [6.45, 7) is 5.76. The van der Waals surface area contributed by atoms with E-state index < -0.39 is 0 Å². The van der Waals surface area contributed by atoms with Crippen LogP contribution in [0.3, 0.4) is 0 Å². The third-order valence-electron chi connectivity index (χ3n) is 1.61. The Hall–Kier alpha value is -1.12. The van der Waals surface area contributed by atoms with Crippen LogP contribution in [-0.2, 0) is 17.6 Å². The van der Waals surface area contributed by atoms with Gasteiger partial charge in [0.15, 0.2) is 5.89 Å². The van der Waals surface area contributed by atoms with Crippen molar-refractivity contribution in [3.63, 3.8) is 0 Å². The van der Waals surface area contributed by atoms with Crippen LogP contribution in [0.2, 0.25) is 0 Å². The number of nitrogens with zero attached hydrogens (tertiary/aromatic N) is 1. The highest BCUT2D eigenvalue weighted by atomic mass is 16.3. The van der Waals surface area contributed by atoms with E-state index in [-0.39, 0.29) is 5.78 Å². The van der Waals surface area contributed by atoms with Crippen molar-refractivity contribution in [3.05, 3.63) is 17.8 Å². The number of rotatable bonds is 4. The number of hydrogen-bond donors (Lipinski definition) is 0. The molecule has 3 nitrogen and oxygen atoms in total. The van der Waals surface area contributed by atoms with Gasteiger partial charge in [0.2, 0.25) is 0 Å². The summed E-state index contributed by atoms with van der Waals surface area (Å²) in [5, 5.41) is 0. The lowest BCUT2D eigenvalue weighted by atomic mass is 10.1. The third-order valence-corrected chi connectivity index (χ3v) is 1.61. The van der Waals surface area contributed by atoms with E-state index in [0.29, 0.717) is 12.3 Å². The van der Waals surface area contributed by atoms with Crippen molar-refractivity contribution in [2.45, 2.75) is 33.6 Å². The molecule has 1 heterocycles. The number of ketones is 1. The Morgan fingerprint density at radius 2 is 2.31 bits per heavy atom. The van der Waals surface area contributed by atoms with Gasteiger partial charge in [-0.05, 0) is 12.8 Å². The van der Waals surface area contributed by atoms with Crippen LogP contribution in [0.25, 0.3) is 0 Å². The van der Waals surface area contributed by atoms with E-state index in [1.165, 1.54) is 0 Å². The van der Waals surface area contributed by atoms with Crippen molar-refractivity contribution in [2.75, 3.05) is 0 Å². The highest BCUT2D eigenvalue weighted by Crippen LogP contribution is 2.08. The molecule has 1 aromatic rings. The van der Waals surface area contributed by atoms with E-state index in [0.717, 1.165) is 18.0 Å². The Morgan fingerprint density at radius 1 is 1.62 bits per heavy atom. The summed E-state index contributed by atoms with van der Waals surface area (Å²) in [6.07, 6.45) is 2.78. The molecule has 13 heavy (non-hydrogen) atoms. The smallest absolute Gasteiger partial charge is 0.194 e. The van der Waals surface area contributed by atoms with E-state index in [1.807, 2.05) is 0 Å². The summed E-state index contributed by atoms with van der Waals surface area (Å²) in [5.74, 6) is 1.37. The minimum atomic E-state index is 0.115. The van der Waals surface area contributed by atoms with Crippen molar-refractivity contribution in [1.82, 2.24) is 4.98 Å². The van der Waals surface area contributed by atoms with Crippen LogP contribution in [-0.4, -0.2) is 10.8 Å². The Labute approximate surface area is 78.2 Å². The van der Waals surface area contributed by atoms with Gasteiger partial charge in [-0.25, -0.2) is 4.98 Å². The molecule has 72 valence electrons. The molecule has 1 rings (SSSR count). The van der Waals surface area contributed by atoms with E-state index in [2.05, 4.69) is 18.8 Å². The van der Waals surface area contributed by atoms with Crippen LogP contribution in [0, 0.1) is 5.92 Å². The molecule has 0 bridgehead atoms. The first kappa shape index (κ1) is 9.96. The molecule has 0 radical (unpaired) electrons. The normalized spacial score (nSPS) is 10.8. The van der Waals surface area contributed by atoms with Crippen LogP contribution in [0.4, 0.5) is 0 Å². The van der Waals surface area contributed by atoms with Crippen LogP contribution < -0.4 is 0 Å². The number of aromatic nitrogens is 1. The highest BCUT2D eigenvalue weighted by Gasteiger charge is 2.07. The largest absolute Gasteiger partial charge is 0.449 e. The monoisotopic (exact) mass is 181 g/mol. The quantitative estimate of drug-likeness (QED) is 0.713. The van der Waals surface area contributed by atoms with Crippen molar-refractivity contribution >= 4 is 5.78 Å². The molecule has 0 aliphatic rings. The van der Waals surface area contributed by atoms with Crippen LogP contribution >= 0.6 is 0 Å². The van der Waals surface area contributed by atoms with Gasteiger partial charge in [-0.15, -0.1) is 0 Å². The fourth-order valence-electron chi connectivity index (χ4n) is 1.13. The van der Waals surface area contributed by atoms with E-state index in [9.17, 15) is 4.79 Å². The van der Waals surface area contributed by atoms with Crippen LogP contribution in [0.1, 0.15) is 32.4 Å². The first-order valence-electron chi connectivity index (χ1n) is 4.50. The summed E-state index contributed by atoms with van der Waals surface area (Å²) in [6, 6.07) is 0. The van der Waals surface area contributed by atoms with Gasteiger partial charge in [-0.1, -0.05) is 13.8 Å². The van der Waals surface area contributed by atoms with E-state index in [4.69, 9.17) is 4.42 Å². The van der Waals surface area contributed by atoms with Crippen LogP contribution in [0.15, 0.2) is 10.7 Å². The molecule has 0 aromatic carbocycles. The molecule has 0 N–H and O–H groups in total. The van der Waals surface area contributed by atoms with Gasteiger partial charge in [0.1, 0.15) is 12.0 Å². The first-order valence-corrected chi connectivity index (χ1v) is 4.50. The summed E-state index contributed by atoms with van der Waals surface area (Å²) >= 11 is 0. The number of hydrogen-bond acceptors (Lipinski definition) is 3. The Balaban J connectivity index is 2.58. The number of Topliss-reactive ketones (excluding diaryl/α,β-unsaturated/α-hetero) is 1. The Bertz CT molecular complexity index is 289. The van der Waals surface area contributed by atoms with Crippen molar-refractivity contribution < 1.29 is 9.21 Å². The summed E-state index contributed by atoms with van der Waals surface area (Å²) in [7, 11) is 0. The zero-order valence-corrected chi connectivity index (χ0v) is 8.33. The lowest BCUT2D eigenvalue weighted by molar-refractivity contribution is -0.116. The fraction of sp³-hybridized carbons (Fsp3) is 0.600. The van der Waals surface area contributed by atoms with Crippen molar-refractivity contribution in [2.24, 2.45) is 5.92 Å². The number of oxazole rings is 1. The highest BCUT2D eigenvalue weighted by molar-refractivity contribution is 5.77. The van der Waals surface area contributed by atoms with Gasteiger partial charge >= 0.3 is 0 Å². The molecule has 0 saturated heterocycles. The lowest BCUT2D eigenvalue weighted by Crippen LogP contribution is -1.98. The standard InChI is InChI=1S/C10H15NO2/c1-7(2)4-10-11-9(6-13-10)5-8(3)12/h6-7H,4-5H2,1-3H3. The topological polar surface area (TPSA) is 43.1 Å². The molecular formula is C10H15NO2. The molecule has 0 unspecified atom stereocenters. The molecule has 0 fully saturated rings. The molecule has 0 amide bonds. The van der Waals surface area contributed by atoms with Gasteiger partial charge < -0.3 is 4.42 Å². The lowest BCUT2D eigenvalue weighted by Gasteiger charge is -1.97. The summed E-state index contributed by atoms with van der Waals surface area (Å²) in [5.41, 5.74) is 0.739. The maximum absolute atomic E-state index is 10.8. The average Bonchev–Trinajstić information content (AvgIpc) is 2.33. The van der Waals surface area contributed by atoms with E-state index in [1.54, 1.807) is 13.2 Å². The molecule has 3 heteroatoms. The van der Waals surface area contributed by atoms with E-state index >= 15 is 0 Å². The van der Waals surface area contributed by atoms with Gasteiger partial charge in [-0.3, -0.25) is 4.79 Å². The zero-order chi connectivity index (χ0) is 9.84. The molecular weight excluding hydrogens is 166 g/mol. The minimum Gasteiger partial charge on any atom is -0.449 e. The molecule has 0 aliphatic carbocycles. The first-order chi connectivity index (χ1) is 6.08. The van der Waals surface area contributed by atoms with Gasteiger partial charge in [-0.2, -0.15) is 0 Å². The van der Waals surface area contributed by atoms with Crippen molar-refractivity contribution in [1.29, 1.82) is 0 Å². The molecule has 0 spiro atoms. The molecule has 1 aromatic heterocycles. The molecule has 0 aliphatic heterocycles. The maximum Gasteiger partial charge on any atom is 0.194 e. The zero-order valence-electron chi connectivity index (χ0n) is 8.33. The summed E-state index contributed by atoms with van der Waals surface area (Å²) in [4.78, 5) is 15.0. The molecule has 0 saturated carbocycles. The van der Waals surface area contributed by atoms with Gasteiger partial charge in [0.25, 0.3) is 0 Å². The number of carbonyl (C=O) groups excluding carboxylic acids is 1. The third kappa shape index (κ3) is 3.40. The molecule has 0 atom stereocenters. The second-order valence-corrected chi connectivity index (χ2v) is 3.71.